The zero-order chi connectivity index (χ0) is 13.4. The molecule has 3 N–H and O–H groups in total. The summed E-state index contributed by atoms with van der Waals surface area (Å²) in [5.41, 5.74) is 9.24. The molecule has 2 aromatic rings. The maximum atomic E-state index is 11.9. The molecule has 0 saturated carbocycles. The minimum atomic E-state index is -0.139. The van der Waals surface area contributed by atoms with Gasteiger partial charge in [-0.1, -0.05) is 6.07 Å². The van der Waals surface area contributed by atoms with Crippen LogP contribution in [0.4, 0.5) is 11.5 Å². The van der Waals surface area contributed by atoms with Gasteiger partial charge in [0.25, 0.3) is 5.56 Å². The van der Waals surface area contributed by atoms with E-state index in [9.17, 15) is 4.79 Å². The molecule has 1 atom stereocenters. The molecule has 1 heterocycles. The Morgan fingerprint density at radius 3 is 3.00 bits per heavy atom. The van der Waals surface area contributed by atoms with Crippen LogP contribution in [0.25, 0.3) is 0 Å². The Balaban J connectivity index is 1.91. The smallest absolute Gasteiger partial charge is 0.293 e. The van der Waals surface area contributed by atoms with Crippen molar-refractivity contribution in [3.05, 3.63) is 52.1 Å². The highest BCUT2D eigenvalue weighted by Gasteiger charge is 2.18. The van der Waals surface area contributed by atoms with Crippen molar-refractivity contribution in [3.63, 3.8) is 0 Å². The van der Waals surface area contributed by atoms with Crippen LogP contribution >= 0.6 is 0 Å². The van der Waals surface area contributed by atoms with Crippen LogP contribution in [0.15, 0.2) is 35.4 Å². The van der Waals surface area contributed by atoms with Crippen molar-refractivity contribution in [2.24, 2.45) is 12.8 Å². The van der Waals surface area contributed by atoms with E-state index < -0.39 is 0 Å². The van der Waals surface area contributed by atoms with E-state index >= 15 is 0 Å². The molecule has 1 aromatic heterocycles. The van der Waals surface area contributed by atoms with Crippen molar-refractivity contribution >= 4 is 11.5 Å². The first kappa shape index (κ1) is 11.9. The number of nitrogens with zero attached hydrogens (tertiary/aromatic N) is 2. The fourth-order valence-corrected chi connectivity index (χ4v) is 2.45. The van der Waals surface area contributed by atoms with E-state index in [0.717, 1.165) is 18.5 Å². The summed E-state index contributed by atoms with van der Waals surface area (Å²) >= 11 is 0. The number of hydrogen-bond acceptors (Lipinski definition) is 4. The van der Waals surface area contributed by atoms with E-state index in [1.165, 1.54) is 15.7 Å². The number of rotatable bonds is 2. The Hall–Kier alpha value is -2.14. The van der Waals surface area contributed by atoms with E-state index in [2.05, 4.69) is 22.4 Å². The summed E-state index contributed by atoms with van der Waals surface area (Å²) in [6, 6.07) is 6.30. The number of nitrogens with one attached hydrogen (secondary N) is 1. The Morgan fingerprint density at radius 1 is 1.37 bits per heavy atom. The van der Waals surface area contributed by atoms with Gasteiger partial charge in [-0.3, -0.25) is 4.79 Å². The maximum Gasteiger partial charge on any atom is 0.293 e. The number of benzene rings is 1. The Morgan fingerprint density at radius 2 is 2.16 bits per heavy atom. The standard InChI is InChI=1S/C14H16N4O/c1-18-5-4-16-13(14(18)19)17-12-3-2-9-6-11(15)7-10(9)8-12/h2-5,8,11H,6-7,15H2,1H3,(H,16,17). The van der Waals surface area contributed by atoms with Crippen LogP contribution < -0.4 is 16.6 Å². The molecule has 1 aliphatic rings. The van der Waals surface area contributed by atoms with Gasteiger partial charge in [0.2, 0.25) is 0 Å². The Bertz CT molecular complexity index is 677. The number of anilines is 2. The first-order valence-corrected chi connectivity index (χ1v) is 6.29. The molecule has 5 heteroatoms. The van der Waals surface area contributed by atoms with Crippen molar-refractivity contribution in [1.29, 1.82) is 0 Å². The van der Waals surface area contributed by atoms with Gasteiger partial charge in [-0.25, -0.2) is 4.98 Å². The molecule has 0 amide bonds. The van der Waals surface area contributed by atoms with Crippen molar-refractivity contribution in [3.8, 4) is 0 Å². The van der Waals surface area contributed by atoms with Crippen molar-refractivity contribution in [2.75, 3.05) is 5.32 Å². The summed E-state index contributed by atoms with van der Waals surface area (Å²) in [5.74, 6) is 0.340. The van der Waals surface area contributed by atoms with Gasteiger partial charge in [-0.05, 0) is 36.1 Å². The molecule has 1 aliphatic carbocycles. The molecule has 0 spiro atoms. The third kappa shape index (κ3) is 2.24. The summed E-state index contributed by atoms with van der Waals surface area (Å²) in [5, 5.41) is 3.07. The van der Waals surface area contributed by atoms with Gasteiger partial charge in [0, 0.05) is 31.2 Å². The zero-order valence-corrected chi connectivity index (χ0v) is 10.8. The molecule has 0 bridgehead atoms. The van der Waals surface area contributed by atoms with Gasteiger partial charge < -0.3 is 15.6 Å². The lowest BCUT2D eigenvalue weighted by atomic mass is 10.1. The summed E-state index contributed by atoms with van der Waals surface area (Å²) in [6.07, 6.45) is 5.06. The summed E-state index contributed by atoms with van der Waals surface area (Å²) in [7, 11) is 1.71. The number of aromatic nitrogens is 2. The first-order chi connectivity index (χ1) is 9.13. The molecule has 0 saturated heterocycles. The normalized spacial score (nSPS) is 17.3. The maximum absolute atomic E-state index is 11.9. The molecule has 19 heavy (non-hydrogen) atoms. The van der Waals surface area contributed by atoms with Gasteiger partial charge in [-0.15, -0.1) is 0 Å². The lowest BCUT2D eigenvalue weighted by molar-refractivity contribution is 0.721. The minimum Gasteiger partial charge on any atom is -0.336 e. The van der Waals surface area contributed by atoms with Gasteiger partial charge >= 0.3 is 0 Å². The highest BCUT2D eigenvalue weighted by molar-refractivity contribution is 5.58. The van der Waals surface area contributed by atoms with E-state index in [1.807, 2.05) is 6.07 Å². The van der Waals surface area contributed by atoms with Gasteiger partial charge in [-0.2, -0.15) is 0 Å². The Labute approximate surface area is 111 Å². The monoisotopic (exact) mass is 256 g/mol. The molecular formula is C14H16N4O. The number of aryl methyl sites for hydroxylation is 1. The van der Waals surface area contributed by atoms with Gasteiger partial charge in [0.05, 0.1) is 0 Å². The lowest BCUT2D eigenvalue weighted by Gasteiger charge is -2.08. The molecular weight excluding hydrogens is 240 g/mol. The van der Waals surface area contributed by atoms with Crippen molar-refractivity contribution < 1.29 is 0 Å². The molecule has 1 aromatic carbocycles. The Kier molecular flexibility index (Phi) is 2.83. The van der Waals surface area contributed by atoms with Crippen LogP contribution in [-0.4, -0.2) is 15.6 Å². The fourth-order valence-electron chi connectivity index (χ4n) is 2.45. The second kappa shape index (κ2) is 4.51. The molecule has 0 aliphatic heterocycles. The van der Waals surface area contributed by atoms with Crippen molar-refractivity contribution in [2.45, 2.75) is 18.9 Å². The average molecular weight is 256 g/mol. The third-order valence-electron chi connectivity index (χ3n) is 3.45. The average Bonchev–Trinajstić information content (AvgIpc) is 2.74. The summed E-state index contributed by atoms with van der Waals surface area (Å²) < 4.78 is 1.50. The first-order valence-electron chi connectivity index (χ1n) is 6.29. The number of hydrogen-bond donors (Lipinski definition) is 2. The SMILES string of the molecule is Cn1ccnc(Nc2ccc3c(c2)CC(N)C3)c1=O. The molecule has 0 fully saturated rings. The highest BCUT2D eigenvalue weighted by atomic mass is 16.1. The predicted molar refractivity (Wildman–Crippen MR) is 74.6 cm³/mol. The molecule has 3 rings (SSSR count). The number of nitrogens with two attached hydrogens (primary N) is 1. The molecule has 0 radical (unpaired) electrons. The second-order valence-electron chi connectivity index (χ2n) is 4.97. The van der Waals surface area contributed by atoms with Crippen LogP contribution in [0.2, 0.25) is 0 Å². The lowest BCUT2D eigenvalue weighted by Crippen LogP contribution is -2.20. The van der Waals surface area contributed by atoms with E-state index in [-0.39, 0.29) is 11.6 Å². The summed E-state index contributed by atoms with van der Waals surface area (Å²) in [6.45, 7) is 0. The zero-order valence-electron chi connectivity index (χ0n) is 10.8. The van der Waals surface area contributed by atoms with Gasteiger partial charge in [0.1, 0.15) is 0 Å². The predicted octanol–water partition coefficient (Wildman–Crippen LogP) is 0.950. The van der Waals surface area contributed by atoms with Crippen molar-refractivity contribution in [1.82, 2.24) is 9.55 Å². The van der Waals surface area contributed by atoms with E-state index in [4.69, 9.17) is 5.73 Å². The van der Waals surface area contributed by atoms with Crippen LogP contribution in [0.5, 0.6) is 0 Å². The third-order valence-corrected chi connectivity index (χ3v) is 3.45. The van der Waals surface area contributed by atoms with Crippen LogP contribution in [0, 0.1) is 0 Å². The minimum absolute atomic E-state index is 0.139. The molecule has 98 valence electrons. The fraction of sp³-hybridized carbons (Fsp3) is 0.286. The highest BCUT2D eigenvalue weighted by Crippen LogP contribution is 2.25. The second-order valence-corrected chi connectivity index (χ2v) is 4.97. The number of fused-ring (bicyclic) bond motifs is 1. The topological polar surface area (TPSA) is 72.9 Å². The summed E-state index contributed by atoms with van der Waals surface area (Å²) in [4.78, 5) is 16.0. The van der Waals surface area contributed by atoms with E-state index in [1.54, 1.807) is 19.4 Å². The van der Waals surface area contributed by atoms with Crippen LogP contribution in [-0.2, 0) is 19.9 Å². The van der Waals surface area contributed by atoms with Gasteiger partial charge in [0.15, 0.2) is 5.82 Å². The molecule has 1 unspecified atom stereocenters. The van der Waals surface area contributed by atoms with Crippen LogP contribution in [0.3, 0.4) is 0 Å². The quantitative estimate of drug-likeness (QED) is 0.839. The molecule has 5 nitrogen and oxygen atoms in total. The van der Waals surface area contributed by atoms with Crippen LogP contribution in [0.1, 0.15) is 11.1 Å². The van der Waals surface area contributed by atoms with E-state index in [0.29, 0.717) is 5.82 Å². The largest absolute Gasteiger partial charge is 0.336 e.